The molecule has 2 amide bonds. The highest BCUT2D eigenvalue weighted by molar-refractivity contribution is 5.89. The minimum atomic E-state index is -0.625. The molecule has 2 N–H and O–H groups in total. The third-order valence-electron chi connectivity index (χ3n) is 3.55. The standard InChI is InChI=1S/C22H34N2O4/c1-8-11-12-18(9-2)15-24(10-3)20(26)14-17(4)13-19(16-25)23-21(27)28-22(5,6)7/h8-12,14,19,25H,1,3,13,15-16H2,2,4-7H3,(H,23,27)/b12-11-,17-14+,18-9+. The van der Waals surface area contributed by atoms with E-state index < -0.39 is 17.7 Å². The third kappa shape index (κ3) is 11.2. The summed E-state index contributed by atoms with van der Waals surface area (Å²) in [5.74, 6) is -0.229. The molecule has 0 saturated heterocycles. The van der Waals surface area contributed by atoms with Crippen LogP contribution in [0.25, 0.3) is 0 Å². The molecule has 0 saturated carbocycles. The van der Waals surface area contributed by atoms with Crippen LogP contribution in [0.1, 0.15) is 41.0 Å². The van der Waals surface area contributed by atoms with Crippen molar-refractivity contribution in [2.75, 3.05) is 13.2 Å². The molecular weight excluding hydrogens is 356 g/mol. The van der Waals surface area contributed by atoms with Gasteiger partial charge in [0.25, 0.3) is 5.91 Å². The van der Waals surface area contributed by atoms with Crippen LogP contribution in [0.2, 0.25) is 0 Å². The summed E-state index contributed by atoms with van der Waals surface area (Å²) in [5.41, 5.74) is 1.04. The van der Waals surface area contributed by atoms with Crippen molar-refractivity contribution in [1.29, 1.82) is 0 Å². The first-order valence-corrected chi connectivity index (χ1v) is 9.21. The van der Waals surface area contributed by atoms with Gasteiger partial charge >= 0.3 is 6.09 Å². The maximum atomic E-state index is 12.5. The van der Waals surface area contributed by atoms with Crippen LogP contribution in [0.3, 0.4) is 0 Å². The minimum Gasteiger partial charge on any atom is -0.444 e. The lowest BCUT2D eigenvalue weighted by Gasteiger charge is -2.23. The summed E-state index contributed by atoms with van der Waals surface area (Å²) in [6.07, 6.45) is 9.92. The van der Waals surface area contributed by atoms with Gasteiger partial charge in [-0.1, -0.05) is 43.0 Å². The monoisotopic (exact) mass is 390 g/mol. The molecule has 1 unspecified atom stereocenters. The summed E-state index contributed by atoms with van der Waals surface area (Å²) in [5, 5.41) is 12.1. The van der Waals surface area contributed by atoms with Crippen molar-refractivity contribution < 1.29 is 19.4 Å². The largest absolute Gasteiger partial charge is 0.444 e. The lowest BCUT2D eigenvalue weighted by atomic mass is 10.1. The van der Waals surface area contributed by atoms with Gasteiger partial charge < -0.3 is 20.1 Å². The van der Waals surface area contributed by atoms with E-state index in [0.29, 0.717) is 13.0 Å². The fraction of sp³-hybridized carbons (Fsp3) is 0.455. The van der Waals surface area contributed by atoms with E-state index >= 15 is 0 Å². The number of allylic oxidation sites excluding steroid dienone is 3. The molecule has 1 atom stereocenters. The average Bonchev–Trinajstić information content (AvgIpc) is 2.59. The van der Waals surface area contributed by atoms with Gasteiger partial charge in [0.1, 0.15) is 5.60 Å². The number of nitrogens with zero attached hydrogens (tertiary/aromatic N) is 1. The molecule has 6 heteroatoms. The molecule has 0 aromatic rings. The number of ether oxygens (including phenoxy) is 1. The smallest absolute Gasteiger partial charge is 0.407 e. The van der Waals surface area contributed by atoms with Gasteiger partial charge in [0.05, 0.1) is 19.2 Å². The minimum absolute atomic E-state index is 0.229. The van der Waals surface area contributed by atoms with Crippen molar-refractivity contribution >= 4 is 12.0 Å². The van der Waals surface area contributed by atoms with E-state index in [9.17, 15) is 14.7 Å². The lowest BCUT2D eigenvalue weighted by molar-refractivity contribution is -0.123. The first kappa shape index (κ1) is 25.4. The molecule has 0 heterocycles. The number of amides is 2. The summed E-state index contributed by atoms with van der Waals surface area (Å²) in [7, 11) is 0. The second-order valence-corrected chi connectivity index (χ2v) is 7.33. The number of nitrogens with one attached hydrogen (secondary N) is 1. The first-order chi connectivity index (χ1) is 13.1. The van der Waals surface area contributed by atoms with Crippen LogP contribution in [0.4, 0.5) is 4.79 Å². The Hall–Kier alpha value is -2.60. The number of carbonyl (C=O) groups excluding carboxylic acids is 2. The van der Waals surface area contributed by atoms with E-state index in [1.807, 2.05) is 19.1 Å². The highest BCUT2D eigenvalue weighted by Crippen LogP contribution is 2.11. The molecule has 0 fully saturated rings. The van der Waals surface area contributed by atoms with Crippen LogP contribution in [-0.2, 0) is 9.53 Å². The summed E-state index contributed by atoms with van der Waals surface area (Å²) < 4.78 is 5.19. The number of hydrogen-bond donors (Lipinski definition) is 2. The number of alkyl carbamates (subject to hydrolysis) is 1. The number of aliphatic hydroxyl groups is 1. The Morgan fingerprint density at radius 2 is 1.93 bits per heavy atom. The molecule has 0 spiro atoms. The van der Waals surface area contributed by atoms with Gasteiger partial charge in [-0.25, -0.2) is 4.79 Å². The van der Waals surface area contributed by atoms with E-state index in [4.69, 9.17) is 4.74 Å². The summed E-state index contributed by atoms with van der Waals surface area (Å²) >= 11 is 0. The van der Waals surface area contributed by atoms with Crippen LogP contribution in [-0.4, -0.2) is 46.8 Å². The second-order valence-electron chi connectivity index (χ2n) is 7.33. The molecule has 156 valence electrons. The summed E-state index contributed by atoms with van der Waals surface area (Å²) in [6, 6.07) is -0.544. The average molecular weight is 391 g/mol. The molecule has 0 aliphatic heterocycles. The van der Waals surface area contributed by atoms with E-state index in [1.54, 1.807) is 39.8 Å². The summed E-state index contributed by atoms with van der Waals surface area (Å²) in [4.78, 5) is 25.9. The fourth-order valence-corrected chi connectivity index (χ4v) is 2.24. The molecule has 6 nitrogen and oxygen atoms in total. The Kier molecular flexibility index (Phi) is 11.5. The number of rotatable bonds is 10. The van der Waals surface area contributed by atoms with Crippen molar-refractivity contribution in [3.05, 3.63) is 60.9 Å². The Balaban J connectivity index is 4.98. The van der Waals surface area contributed by atoms with Crippen LogP contribution < -0.4 is 5.32 Å². The maximum absolute atomic E-state index is 12.5. The van der Waals surface area contributed by atoms with Gasteiger partial charge in [0.2, 0.25) is 0 Å². The van der Waals surface area contributed by atoms with E-state index in [0.717, 1.165) is 11.1 Å². The van der Waals surface area contributed by atoms with Gasteiger partial charge in [-0.05, 0) is 46.6 Å². The predicted octanol–water partition coefficient (Wildman–Crippen LogP) is 3.87. The molecule has 0 bridgehead atoms. The molecular formula is C22H34N2O4. The van der Waals surface area contributed by atoms with Crippen molar-refractivity contribution in [3.8, 4) is 0 Å². The number of hydrogen-bond acceptors (Lipinski definition) is 4. The summed E-state index contributed by atoms with van der Waals surface area (Å²) in [6.45, 7) is 16.4. The van der Waals surface area contributed by atoms with E-state index in [1.165, 1.54) is 17.2 Å². The normalized spacial score (nSPS) is 13.8. The lowest BCUT2D eigenvalue weighted by Crippen LogP contribution is -2.41. The van der Waals surface area contributed by atoms with Crippen molar-refractivity contribution in [2.45, 2.75) is 52.7 Å². The SMILES string of the molecule is C=C/C=C\C(=C/C)CN(C=C)C(=O)/C=C(\C)CC(CO)NC(=O)OC(C)(C)C. The van der Waals surface area contributed by atoms with Gasteiger partial charge in [-0.3, -0.25) is 4.79 Å². The van der Waals surface area contributed by atoms with Crippen molar-refractivity contribution in [1.82, 2.24) is 10.2 Å². The maximum Gasteiger partial charge on any atom is 0.407 e. The zero-order chi connectivity index (χ0) is 21.7. The Labute approximate surface area is 168 Å². The van der Waals surface area contributed by atoms with Crippen molar-refractivity contribution in [3.63, 3.8) is 0 Å². The molecule has 0 aliphatic carbocycles. The van der Waals surface area contributed by atoms with Crippen LogP contribution in [0, 0.1) is 0 Å². The fourth-order valence-electron chi connectivity index (χ4n) is 2.24. The van der Waals surface area contributed by atoms with Gasteiger partial charge in [0, 0.05) is 12.3 Å². The number of aliphatic hydroxyl groups excluding tert-OH is 1. The Bertz CT molecular complexity index is 639. The van der Waals surface area contributed by atoms with Crippen LogP contribution in [0.5, 0.6) is 0 Å². The highest BCUT2D eigenvalue weighted by atomic mass is 16.6. The van der Waals surface area contributed by atoms with E-state index in [2.05, 4.69) is 18.5 Å². The molecule has 0 radical (unpaired) electrons. The predicted molar refractivity (Wildman–Crippen MR) is 114 cm³/mol. The Morgan fingerprint density at radius 3 is 2.39 bits per heavy atom. The number of carbonyl (C=O) groups is 2. The Morgan fingerprint density at radius 1 is 1.29 bits per heavy atom. The second kappa shape index (κ2) is 12.7. The van der Waals surface area contributed by atoms with Gasteiger partial charge in [0.15, 0.2) is 0 Å². The topological polar surface area (TPSA) is 78.9 Å². The molecule has 0 aromatic carbocycles. The van der Waals surface area contributed by atoms with Crippen LogP contribution >= 0.6 is 0 Å². The zero-order valence-corrected chi connectivity index (χ0v) is 17.7. The molecule has 28 heavy (non-hydrogen) atoms. The molecule has 0 rings (SSSR count). The highest BCUT2D eigenvalue weighted by Gasteiger charge is 2.19. The first-order valence-electron chi connectivity index (χ1n) is 9.21. The van der Waals surface area contributed by atoms with Gasteiger partial charge in [-0.15, -0.1) is 0 Å². The van der Waals surface area contributed by atoms with Crippen LogP contribution in [0.15, 0.2) is 60.9 Å². The molecule has 0 aliphatic rings. The molecule has 0 aromatic heterocycles. The quantitative estimate of drug-likeness (QED) is 0.438. The third-order valence-corrected chi connectivity index (χ3v) is 3.55. The van der Waals surface area contributed by atoms with Crippen molar-refractivity contribution in [2.24, 2.45) is 0 Å². The van der Waals surface area contributed by atoms with E-state index in [-0.39, 0.29) is 12.5 Å². The zero-order valence-electron chi connectivity index (χ0n) is 17.7. The van der Waals surface area contributed by atoms with Gasteiger partial charge in [-0.2, -0.15) is 0 Å².